The van der Waals surface area contributed by atoms with Gasteiger partial charge in [0, 0.05) is 6.04 Å². The molecule has 1 rings (SSSR count). The smallest absolute Gasteiger partial charge is 0.00767 e. The van der Waals surface area contributed by atoms with Crippen molar-refractivity contribution in [3.8, 4) is 0 Å². The topological polar surface area (TPSA) is 26.0 Å². The summed E-state index contributed by atoms with van der Waals surface area (Å²) in [5, 5.41) is 0. The molecule has 1 nitrogen and oxygen atoms in total. The third-order valence-electron chi connectivity index (χ3n) is 2.50. The second-order valence-corrected chi connectivity index (χ2v) is 3.80. The number of aryl methyl sites for hydroxylation is 2. The SMILES string of the molecule is CCC(N)Cc1ccc(C)cc1C.Cl. The van der Waals surface area contributed by atoms with E-state index >= 15 is 0 Å². The second-order valence-electron chi connectivity index (χ2n) is 3.80. The van der Waals surface area contributed by atoms with E-state index in [0.29, 0.717) is 6.04 Å². The Morgan fingerprint density at radius 2 is 1.93 bits per heavy atom. The van der Waals surface area contributed by atoms with Gasteiger partial charge < -0.3 is 5.73 Å². The fourth-order valence-corrected chi connectivity index (χ4v) is 1.50. The van der Waals surface area contributed by atoms with Crippen molar-refractivity contribution in [2.45, 2.75) is 39.7 Å². The molecule has 1 aromatic rings. The quantitative estimate of drug-likeness (QED) is 0.821. The molecule has 0 saturated carbocycles. The first-order valence-electron chi connectivity index (χ1n) is 4.95. The highest BCUT2D eigenvalue weighted by Crippen LogP contribution is 2.12. The molecule has 0 aliphatic rings. The highest BCUT2D eigenvalue weighted by molar-refractivity contribution is 5.85. The van der Waals surface area contributed by atoms with E-state index in [1.807, 2.05) is 0 Å². The fourth-order valence-electron chi connectivity index (χ4n) is 1.50. The van der Waals surface area contributed by atoms with Crippen LogP contribution in [0.2, 0.25) is 0 Å². The van der Waals surface area contributed by atoms with Crippen LogP contribution in [0.4, 0.5) is 0 Å². The number of nitrogens with two attached hydrogens (primary N) is 1. The van der Waals surface area contributed by atoms with E-state index in [2.05, 4.69) is 39.0 Å². The molecule has 0 spiro atoms. The molecule has 1 aromatic carbocycles. The van der Waals surface area contributed by atoms with Crippen molar-refractivity contribution in [3.05, 3.63) is 34.9 Å². The van der Waals surface area contributed by atoms with Crippen LogP contribution in [-0.2, 0) is 6.42 Å². The number of halogens is 1. The van der Waals surface area contributed by atoms with Crippen LogP contribution in [0.5, 0.6) is 0 Å². The van der Waals surface area contributed by atoms with Gasteiger partial charge in [-0.05, 0) is 37.8 Å². The zero-order chi connectivity index (χ0) is 9.84. The van der Waals surface area contributed by atoms with Gasteiger partial charge in [-0.2, -0.15) is 0 Å². The molecule has 0 amide bonds. The molecule has 0 aliphatic carbocycles. The van der Waals surface area contributed by atoms with E-state index in [-0.39, 0.29) is 12.4 Å². The van der Waals surface area contributed by atoms with Crippen molar-refractivity contribution in [1.29, 1.82) is 0 Å². The molecule has 2 heteroatoms. The monoisotopic (exact) mass is 213 g/mol. The van der Waals surface area contributed by atoms with Crippen LogP contribution >= 0.6 is 12.4 Å². The van der Waals surface area contributed by atoms with Gasteiger partial charge in [0.2, 0.25) is 0 Å². The summed E-state index contributed by atoms with van der Waals surface area (Å²) in [6.45, 7) is 6.41. The lowest BCUT2D eigenvalue weighted by atomic mass is 9.99. The Bertz CT molecular complexity index is 284. The Hall–Kier alpha value is -0.530. The molecule has 0 heterocycles. The molecule has 0 aliphatic heterocycles. The van der Waals surface area contributed by atoms with Gasteiger partial charge in [-0.3, -0.25) is 0 Å². The van der Waals surface area contributed by atoms with Crippen LogP contribution in [0.25, 0.3) is 0 Å². The Balaban J connectivity index is 0.00000169. The maximum atomic E-state index is 5.91. The number of rotatable bonds is 3. The Labute approximate surface area is 93.1 Å². The third kappa shape index (κ3) is 3.69. The number of hydrogen-bond donors (Lipinski definition) is 1. The third-order valence-corrected chi connectivity index (χ3v) is 2.50. The number of benzene rings is 1. The van der Waals surface area contributed by atoms with E-state index in [1.54, 1.807) is 0 Å². The summed E-state index contributed by atoms with van der Waals surface area (Å²) in [5.41, 5.74) is 9.99. The van der Waals surface area contributed by atoms with Crippen molar-refractivity contribution in [1.82, 2.24) is 0 Å². The van der Waals surface area contributed by atoms with Gasteiger partial charge in [-0.25, -0.2) is 0 Å². The average molecular weight is 214 g/mol. The molecule has 0 aromatic heterocycles. The van der Waals surface area contributed by atoms with Crippen molar-refractivity contribution in [2.24, 2.45) is 5.73 Å². The Kier molecular flexibility index (Phi) is 5.82. The summed E-state index contributed by atoms with van der Waals surface area (Å²) in [6.07, 6.45) is 2.05. The molecule has 80 valence electrons. The van der Waals surface area contributed by atoms with E-state index in [0.717, 1.165) is 12.8 Å². The van der Waals surface area contributed by atoms with Gasteiger partial charge in [0.1, 0.15) is 0 Å². The van der Waals surface area contributed by atoms with Gasteiger partial charge in [-0.15, -0.1) is 12.4 Å². The molecule has 1 unspecified atom stereocenters. The van der Waals surface area contributed by atoms with Crippen molar-refractivity contribution < 1.29 is 0 Å². The Morgan fingerprint density at radius 1 is 1.29 bits per heavy atom. The minimum atomic E-state index is 0. The van der Waals surface area contributed by atoms with Gasteiger partial charge in [0.15, 0.2) is 0 Å². The van der Waals surface area contributed by atoms with Crippen LogP contribution in [-0.4, -0.2) is 6.04 Å². The minimum absolute atomic E-state index is 0. The summed E-state index contributed by atoms with van der Waals surface area (Å²) in [4.78, 5) is 0. The molecule has 0 fully saturated rings. The predicted octanol–water partition coefficient (Wildman–Crippen LogP) is 3.01. The van der Waals surface area contributed by atoms with Crippen LogP contribution in [0.15, 0.2) is 18.2 Å². The largest absolute Gasteiger partial charge is 0.327 e. The molecule has 14 heavy (non-hydrogen) atoms. The van der Waals surface area contributed by atoms with Gasteiger partial charge in [-0.1, -0.05) is 30.7 Å². The average Bonchev–Trinajstić information content (AvgIpc) is 2.09. The van der Waals surface area contributed by atoms with Gasteiger partial charge >= 0.3 is 0 Å². The summed E-state index contributed by atoms with van der Waals surface area (Å²) in [6, 6.07) is 6.88. The summed E-state index contributed by atoms with van der Waals surface area (Å²) < 4.78 is 0. The molecular formula is C12H20ClN. The van der Waals surface area contributed by atoms with E-state index in [1.165, 1.54) is 16.7 Å². The van der Waals surface area contributed by atoms with Gasteiger partial charge in [0.25, 0.3) is 0 Å². The summed E-state index contributed by atoms with van der Waals surface area (Å²) >= 11 is 0. The fraction of sp³-hybridized carbons (Fsp3) is 0.500. The van der Waals surface area contributed by atoms with E-state index in [9.17, 15) is 0 Å². The normalized spacial score (nSPS) is 12.0. The van der Waals surface area contributed by atoms with Gasteiger partial charge in [0.05, 0.1) is 0 Å². The van der Waals surface area contributed by atoms with E-state index < -0.39 is 0 Å². The Morgan fingerprint density at radius 3 is 2.43 bits per heavy atom. The lowest BCUT2D eigenvalue weighted by Gasteiger charge is -2.11. The van der Waals surface area contributed by atoms with E-state index in [4.69, 9.17) is 5.73 Å². The summed E-state index contributed by atoms with van der Waals surface area (Å²) in [7, 11) is 0. The summed E-state index contributed by atoms with van der Waals surface area (Å²) in [5.74, 6) is 0. The lowest BCUT2D eigenvalue weighted by molar-refractivity contribution is 0.644. The molecule has 1 atom stereocenters. The maximum Gasteiger partial charge on any atom is 0.00767 e. The van der Waals surface area contributed by atoms with Crippen LogP contribution in [0.3, 0.4) is 0 Å². The molecule has 0 saturated heterocycles. The highest BCUT2D eigenvalue weighted by Gasteiger charge is 2.03. The van der Waals surface area contributed by atoms with Crippen LogP contribution in [0.1, 0.15) is 30.0 Å². The predicted molar refractivity (Wildman–Crippen MR) is 65.1 cm³/mol. The molecule has 0 radical (unpaired) electrons. The molecular weight excluding hydrogens is 194 g/mol. The first kappa shape index (κ1) is 13.5. The van der Waals surface area contributed by atoms with Crippen molar-refractivity contribution >= 4 is 12.4 Å². The van der Waals surface area contributed by atoms with Crippen molar-refractivity contribution in [3.63, 3.8) is 0 Å². The zero-order valence-corrected chi connectivity index (χ0v) is 10.0. The lowest BCUT2D eigenvalue weighted by Crippen LogP contribution is -2.21. The standard InChI is InChI=1S/C12H19N.ClH/c1-4-12(13)8-11-6-5-9(2)7-10(11)3;/h5-7,12H,4,8,13H2,1-3H3;1H. The van der Waals surface area contributed by atoms with Crippen LogP contribution < -0.4 is 5.73 Å². The zero-order valence-electron chi connectivity index (χ0n) is 9.21. The molecule has 0 bridgehead atoms. The first-order valence-corrected chi connectivity index (χ1v) is 4.95. The molecule has 2 N–H and O–H groups in total. The number of hydrogen-bond acceptors (Lipinski definition) is 1. The van der Waals surface area contributed by atoms with Crippen molar-refractivity contribution in [2.75, 3.05) is 0 Å². The minimum Gasteiger partial charge on any atom is -0.327 e. The highest BCUT2D eigenvalue weighted by atomic mass is 35.5. The maximum absolute atomic E-state index is 5.91. The first-order chi connectivity index (χ1) is 6.13. The second kappa shape index (κ2) is 6.05. The van der Waals surface area contributed by atoms with Crippen LogP contribution in [0, 0.1) is 13.8 Å².